The fourth-order valence-corrected chi connectivity index (χ4v) is 1.06. The van der Waals surface area contributed by atoms with Crippen LogP contribution < -0.4 is 0 Å². The van der Waals surface area contributed by atoms with Crippen LogP contribution in [0.1, 0.15) is 20.3 Å². The smallest absolute Gasteiger partial charge is 0.0766 e. The van der Waals surface area contributed by atoms with Crippen molar-refractivity contribution in [3.05, 3.63) is 36.0 Å². The monoisotopic (exact) mass is 159 g/mol. The molecule has 0 radical (unpaired) electrons. The number of nitrogens with zero attached hydrogens (tertiary/aromatic N) is 1. The van der Waals surface area contributed by atoms with Gasteiger partial charge in [-0.2, -0.15) is 5.26 Å². The fourth-order valence-electron chi connectivity index (χ4n) is 1.06. The topological polar surface area (TPSA) is 23.8 Å². The summed E-state index contributed by atoms with van der Waals surface area (Å²) >= 11 is 0. The Bertz CT molecular complexity index is 285. The summed E-state index contributed by atoms with van der Waals surface area (Å²) in [5.41, 5.74) is 0.712. The normalized spacial score (nSPS) is 16.6. The minimum Gasteiger partial charge on any atom is -0.197 e. The van der Waals surface area contributed by atoms with Crippen LogP contribution in [0.25, 0.3) is 0 Å². The Hall–Kier alpha value is -1.29. The lowest BCUT2D eigenvalue weighted by atomic mass is 9.85. The molecule has 0 heterocycles. The zero-order valence-corrected chi connectivity index (χ0v) is 7.54. The van der Waals surface area contributed by atoms with Gasteiger partial charge in [-0.3, -0.25) is 0 Å². The SMILES string of the molecule is CC(C)(C#N)C1=CC=CCC=C1. The molecule has 0 aromatic carbocycles. The van der Waals surface area contributed by atoms with Crippen LogP contribution in [-0.4, -0.2) is 0 Å². The standard InChI is InChI=1S/C11H13N/c1-11(2,9-12)10-7-5-3-4-6-8-10/h3,5-8H,4H2,1-2H3. The zero-order chi connectivity index (χ0) is 9.03. The van der Waals surface area contributed by atoms with Crippen LogP contribution in [0.3, 0.4) is 0 Å². The van der Waals surface area contributed by atoms with Crippen LogP contribution in [0.4, 0.5) is 0 Å². The van der Waals surface area contributed by atoms with Crippen molar-refractivity contribution in [3.8, 4) is 6.07 Å². The Kier molecular flexibility index (Phi) is 2.50. The maximum absolute atomic E-state index is 8.89. The molecule has 1 aliphatic rings. The van der Waals surface area contributed by atoms with Crippen molar-refractivity contribution in [2.45, 2.75) is 20.3 Å². The molecule has 0 aliphatic heterocycles. The first-order chi connectivity index (χ1) is 5.67. The van der Waals surface area contributed by atoms with E-state index in [-0.39, 0.29) is 5.41 Å². The molecule has 0 bridgehead atoms. The van der Waals surface area contributed by atoms with Crippen LogP contribution in [0.5, 0.6) is 0 Å². The minimum absolute atomic E-state index is 0.370. The van der Waals surface area contributed by atoms with E-state index in [9.17, 15) is 0 Å². The predicted molar refractivity (Wildman–Crippen MR) is 50.4 cm³/mol. The lowest BCUT2D eigenvalue weighted by molar-refractivity contribution is 0.613. The predicted octanol–water partition coefficient (Wildman–Crippen LogP) is 2.98. The van der Waals surface area contributed by atoms with E-state index < -0.39 is 0 Å². The lowest BCUT2D eigenvalue weighted by Gasteiger charge is -2.15. The van der Waals surface area contributed by atoms with Gasteiger partial charge in [0.25, 0.3) is 0 Å². The highest BCUT2D eigenvalue weighted by Crippen LogP contribution is 2.27. The van der Waals surface area contributed by atoms with Gasteiger partial charge in [-0.1, -0.05) is 30.4 Å². The molecular formula is C11H13N. The Balaban J connectivity index is 2.96. The molecule has 0 aromatic heterocycles. The van der Waals surface area contributed by atoms with E-state index in [4.69, 9.17) is 5.26 Å². The molecule has 0 aromatic rings. The first-order valence-electron chi connectivity index (χ1n) is 4.12. The summed E-state index contributed by atoms with van der Waals surface area (Å²) in [6.07, 6.45) is 11.2. The molecule has 0 fully saturated rings. The number of hydrogen-bond acceptors (Lipinski definition) is 1. The van der Waals surface area contributed by atoms with Gasteiger partial charge in [0.05, 0.1) is 11.5 Å². The summed E-state index contributed by atoms with van der Waals surface area (Å²) in [6.45, 7) is 3.87. The average molecular weight is 159 g/mol. The van der Waals surface area contributed by atoms with Crippen molar-refractivity contribution in [3.63, 3.8) is 0 Å². The van der Waals surface area contributed by atoms with E-state index in [1.165, 1.54) is 0 Å². The van der Waals surface area contributed by atoms with Crippen LogP contribution in [0.15, 0.2) is 36.0 Å². The Labute approximate surface area is 73.7 Å². The van der Waals surface area contributed by atoms with Gasteiger partial charge >= 0.3 is 0 Å². The second-order valence-electron chi connectivity index (χ2n) is 3.43. The molecule has 0 atom stereocenters. The number of rotatable bonds is 1. The van der Waals surface area contributed by atoms with Crippen molar-refractivity contribution in [1.82, 2.24) is 0 Å². The molecule has 0 amide bonds. The molecule has 0 saturated heterocycles. The quantitative estimate of drug-likeness (QED) is 0.577. The molecule has 1 rings (SSSR count). The Morgan fingerprint density at radius 3 is 2.83 bits per heavy atom. The van der Waals surface area contributed by atoms with Gasteiger partial charge in [-0.05, 0) is 25.8 Å². The number of allylic oxidation sites excluding steroid dienone is 6. The first-order valence-corrected chi connectivity index (χ1v) is 4.12. The molecular weight excluding hydrogens is 146 g/mol. The Morgan fingerprint density at radius 2 is 2.17 bits per heavy atom. The maximum Gasteiger partial charge on any atom is 0.0766 e. The van der Waals surface area contributed by atoms with Gasteiger partial charge in [-0.25, -0.2) is 0 Å². The molecule has 12 heavy (non-hydrogen) atoms. The molecule has 1 nitrogen and oxygen atoms in total. The average Bonchev–Trinajstić information content (AvgIpc) is 2.32. The molecule has 62 valence electrons. The highest BCUT2D eigenvalue weighted by atomic mass is 14.3. The molecule has 0 N–H and O–H groups in total. The lowest BCUT2D eigenvalue weighted by Crippen LogP contribution is -2.09. The maximum atomic E-state index is 8.89. The molecule has 0 saturated carbocycles. The first kappa shape index (κ1) is 8.80. The third-order valence-electron chi connectivity index (χ3n) is 1.98. The van der Waals surface area contributed by atoms with E-state index in [1.807, 2.05) is 32.1 Å². The minimum atomic E-state index is -0.370. The van der Waals surface area contributed by atoms with Crippen LogP contribution in [0, 0.1) is 16.7 Å². The third-order valence-corrected chi connectivity index (χ3v) is 1.98. The van der Waals surface area contributed by atoms with Crippen molar-refractivity contribution < 1.29 is 0 Å². The van der Waals surface area contributed by atoms with E-state index >= 15 is 0 Å². The third kappa shape index (κ3) is 1.85. The van der Waals surface area contributed by atoms with Crippen molar-refractivity contribution >= 4 is 0 Å². The number of hydrogen-bond donors (Lipinski definition) is 0. The largest absolute Gasteiger partial charge is 0.197 e. The summed E-state index contributed by atoms with van der Waals surface area (Å²) in [7, 11) is 0. The second-order valence-corrected chi connectivity index (χ2v) is 3.43. The van der Waals surface area contributed by atoms with Crippen LogP contribution in [0.2, 0.25) is 0 Å². The van der Waals surface area contributed by atoms with Gasteiger partial charge in [0.1, 0.15) is 0 Å². The fraction of sp³-hybridized carbons (Fsp3) is 0.364. The van der Waals surface area contributed by atoms with E-state index in [0.717, 1.165) is 12.0 Å². The summed E-state index contributed by atoms with van der Waals surface area (Å²) in [5.74, 6) is 0. The van der Waals surface area contributed by atoms with Gasteiger partial charge in [0.2, 0.25) is 0 Å². The Morgan fingerprint density at radius 1 is 1.42 bits per heavy atom. The van der Waals surface area contributed by atoms with Gasteiger partial charge in [-0.15, -0.1) is 0 Å². The summed E-state index contributed by atoms with van der Waals surface area (Å²) < 4.78 is 0. The van der Waals surface area contributed by atoms with Gasteiger partial charge in [0, 0.05) is 0 Å². The van der Waals surface area contributed by atoms with Crippen molar-refractivity contribution in [2.24, 2.45) is 5.41 Å². The summed E-state index contributed by atoms with van der Waals surface area (Å²) in [4.78, 5) is 0. The molecule has 1 aliphatic carbocycles. The van der Waals surface area contributed by atoms with E-state index in [0.29, 0.717) is 0 Å². The summed E-state index contributed by atoms with van der Waals surface area (Å²) in [6, 6.07) is 2.29. The van der Waals surface area contributed by atoms with Crippen LogP contribution >= 0.6 is 0 Å². The summed E-state index contributed by atoms with van der Waals surface area (Å²) in [5, 5.41) is 8.89. The molecule has 1 heteroatoms. The molecule has 0 unspecified atom stereocenters. The second kappa shape index (κ2) is 3.40. The van der Waals surface area contributed by atoms with E-state index in [1.54, 1.807) is 0 Å². The van der Waals surface area contributed by atoms with Gasteiger partial charge < -0.3 is 0 Å². The highest BCUT2D eigenvalue weighted by molar-refractivity contribution is 5.35. The number of nitriles is 1. The zero-order valence-electron chi connectivity index (χ0n) is 7.54. The van der Waals surface area contributed by atoms with Crippen LogP contribution in [-0.2, 0) is 0 Å². The molecule has 0 spiro atoms. The van der Waals surface area contributed by atoms with Gasteiger partial charge in [0.15, 0.2) is 0 Å². The van der Waals surface area contributed by atoms with E-state index in [2.05, 4.69) is 18.2 Å². The highest BCUT2D eigenvalue weighted by Gasteiger charge is 2.20. The van der Waals surface area contributed by atoms with Crippen molar-refractivity contribution in [2.75, 3.05) is 0 Å². The van der Waals surface area contributed by atoms with Crippen molar-refractivity contribution in [1.29, 1.82) is 5.26 Å².